The fourth-order valence-corrected chi connectivity index (χ4v) is 2.71. The predicted molar refractivity (Wildman–Crippen MR) is 71.1 cm³/mol. The Morgan fingerprint density at radius 1 is 1.26 bits per heavy atom. The average molecular weight is 280 g/mol. The summed E-state index contributed by atoms with van der Waals surface area (Å²) >= 11 is 0. The summed E-state index contributed by atoms with van der Waals surface area (Å²) in [7, 11) is -3.46. The number of rotatable bonds is 5. The summed E-state index contributed by atoms with van der Waals surface area (Å²) in [6.45, 7) is 4.57. The molecule has 1 aromatic heterocycles. The van der Waals surface area contributed by atoms with E-state index in [1.165, 1.54) is 6.33 Å². The maximum atomic E-state index is 12.1. The third-order valence-electron chi connectivity index (χ3n) is 2.89. The molecular weight excluding hydrogens is 264 g/mol. The Morgan fingerprint density at radius 3 is 2.68 bits per heavy atom. The van der Waals surface area contributed by atoms with Crippen molar-refractivity contribution in [3.8, 4) is 0 Å². The maximum absolute atomic E-state index is 12.1. The van der Waals surface area contributed by atoms with E-state index in [4.69, 9.17) is 0 Å². The Morgan fingerprint density at radius 2 is 2.05 bits per heavy atom. The Balaban J connectivity index is 2.03. The lowest BCUT2D eigenvalue weighted by atomic mass is 10.1. The zero-order valence-electron chi connectivity index (χ0n) is 10.9. The van der Waals surface area contributed by atoms with E-state index < -0.39 is 10.0 Å². The third kappa shape index (κ3) is 3.39. The third-order valence-corrected chi connectivity index (χ3v) is 4.35. The van der Waals surface area contributed by atoms with E-state index in [9.17, 15) is 8.42 Å². The van der Waals surface area contributed by atoms with Crippen molar-refractivity contribution < 1.29 is 8.42 Å². The fraction of sp³-hybridized carbons (Fsp3) is 0.333. The Bertz CT molecular complexity index is 650. The van der Waals surface area contributed by atoms with Crippen LogP contribution in [0.5, 0.6) is 0 Å². The van der Waals surface area contributed by atoms with Crippen LogP contribution in [0.25, 0.3) is 0 Å². The zero-order valence-corrected chi connectivity index (χ0v) is 11.7. The van der Waals surface area contributed by atoms with Crippen molar-refractivity contribution in [3.63, 3.8) is 0 Å². The highest BCUT2D eigenvalue weighted by Crippen LogP contribution is 2.14. The lowest BCUT2D eigenvalue weighted by molar-refractivity contribution is 0.560. The van der Waals surface area contributed by atoms with Gasteiger partial charge in [-0.15, -0.1) is 0 Å². The van der Waals surface area contributed by atoms with Gasteiger partial charge in [-0.1, -0.05) is 6.07 Å². The molecule has 102 valence electrons. The number of aromatic nitrogens is 3. The molecule has 0 bridgehead atoms. The quantitative estimate of drug-likeness (QED) is 0.881. The maximum Gasteiger partial charge on any atom is 0.240 e. The monoisotopic (exact) mass is 280 g/mol. The Hall–Kier alpha value is -1.73. The lowest BCUT2D eigenvalue weighted by Crippen LogP contribution is -2.27. The second-order valence-electron chi connectivity index (χ2n) is 4.30. The smallest absolute Gasteiger partial charge is 0.240 e. The predicted octanol–water partition coefficient (Wildman–Crippen LogP) is 0.873. The van der Waals surface area contributed by atoms with Crippen LogP contribution in [0, 0.1) is 13.8 Å². The molecule has 2 rings (SSSR count). The second-order valence-corrected chi connectivity index (χ2v) is 6.07. The molecule has 19 heavy (non-hydrogen) atoms. The Labute approximate surface area is 112 Å². The van der Waals surface area contributed by atoms with Gasteiger partial charge in [0.05, 0.1) is 11.4 Å². The highest BCUT2D eigenvalue weighted by atomic mass is 32.2. The second kappa shape index (κ2) is 5.50. The van der Waals surface area contributed by atoms with Crippen LogP contribution < -0.4 is 4.72 Å². The van der Waals surface area contributed by atoms with Crippen molar-refractivity contribution >= 4 is 10.0 Å². The van der Waals surface area contributed by atoms with Crippen LogP contribution >= 0.6 is 0 Å². The highest BCUT2D eigenvalue weighted by Gasteiger charge is 2.13. The number of hydrogen-bond acceptors (Lipinski definition) is 4. The Kier molecular flexibility index (Phi) is 3.96. The SMILES string of the molecule is Cc1ccc(S(=O)(=O)NCCn2cncn2)cc1C. The van der Waals surface area contributed by atoms with Crippen molar-refractivity contribution in [2.75, 3.05) is 6.54 Å². The molecule has 0 spiro atoms. The minimum absolute atomic E-state index is 0.276. The van der Waals surface area contributed by atoms with E-state index in [-0.39, 0.29) is 11.4 Å². The summed E-state index contributed by atoms with van der Waals surface area (Å²) in [6.07, 6.45) is 2.96. The van der Waals surface area contributed by atoms with Gasteiger partial charge in [-0.05, 0) is 37.1 Å². The van der Waals surface area contributed by atoms with Gasteiger partial charge in [0, 0.05) is 6.54 Å². The molecule has 0 aliphatic carbocycles. The molecule has 6 nitrogen and oxygen atoms in total. The van der Waals surface area contributed by atoms with Crippen molar-refractivity contribution in [1.82, 2.24) is 19.5 Å². The number of nitrogens with zero attached hydrogens (tertiary/aromatic N) is 3. The first-order chi connectivity index (χ1) is 8.99. The molecule has 1 aromatic carbocycles. The molecular formula is C12H16N4O2S. The minimum Gasteiger partial charge on any atom is -0.252 e. The van der Waals surface area contributed by atoms with E-state index in [0.29, 0.717) is 6.54 Å². The van der Waals surface area contributed by atoms with E-state index >= 15 is 0 Å². The van der Waals surface area contributed by atoms with Gasteiger partial charge >= 0.3 is 0 Å². The van der Waals surface area contributed by atoms with E-state index in [1.54, 1.807) is 29.2 Å². The van der Waals surface area contributed by atoms with Crippen LogP contribution in [-0.4, -0.2) is 29.7 Å². The molecule has 0 atom stereocenters. The van der Waals surface area contributed by atoms with Gasteiger partial charge in [-0.3, -0.25) is 4.68 Å². The van der Waals surface area contributed by atoms with Crippen LogP contribution in [0.3, 0.4) is 0 Å². The van der Waals surface area contributed by atoms with Crippen molar-refractivity contribution in [2.24, 2.45) is 0 Å². The molecule has 0 aliphatic rings. The summed E-state index contributed by atoms with van der Waals surface area (Å²) in [4.78, 5) is 4.08. The zero-order chi connectivity index (χ0) is 13.9. The molecule has 0 saturated heterocycles. The van der Waals surface area contributed by atoms with Gasteiger partial charge in [0.2, 0.25) is 10.0 Å². The number of benzene rings is 1. The van der Waals surface area contributed by atoms with Gasteiger partial charge < -0.3 is 0 Å². The molecule has 2 aromatic rings. The molecule has 0 fully saturated rings. The van der Waals surface area contributed by atoms with Crippen LogP contribution in [0.1, 0.15) is 11.1 Å². The number of nitrogens with one attached hydrogen (secondary N) is 1. The molecule has 0 amide bonds. The summed E-state index contributed by atoms with van der Waals surface area (Å²) in [5.41, 5.74) is 2.03. The molecule has 0 radical (unpaired) electrons. The van der Waals surface area contributed by atoms with Gasteiger partial charge in [-0.25, -0.2) is 18.1 Å². The van der Waals surface area contributed by atoms with Crippen LogP contribution in [-0.2, 0) is 16.6 Å². The summed E-state index contributed by atoms with van der Waals surface area (Å²) in [5, 5.41) is 3.90. The molecule has 0 aliphatic heterocycles. The van der Waals surface area contributed by atoms with Crippen LogP contribution in [0.15, 0.2) is 35.7 Å². The first kappa shape index (κ1) is 13.7. The van der Waals surface area contributed by atoms with Crippen molar-refractivity contribution in [2.45, 2.75) is 25.3 Å². The van der Waals surface area contributed by atoms with Crippen LogP contribution in [0.4, 0.5) is 0 Å². The number of sulfonamides is 1. The normalized spacial score (nSPS) is 11.7. The van der Waals surface area contributed by atoms with Crippen LogP contribution in [0.2, 0.25) is 0 Å². The van der Waals surface area contributed by atoms with Crippen molar-refractivity contribution in [3.05, 3.63) is 42.0 Å². The largest absolute Gasteiger partial charge is 0.252 e. The molecule has 0 saturated carbocycles. The first-order valence-electron chi connectivity index (χ1n) is 5.88. The summed E-state index contributed by atoms with van der Waals surface area (Å²) in [5.74, 6) is 0. The van der Waals surface area contributed by atoms with Gasteiger partial charge in [-0.2, -0.15) is 5.10 Å². The summed E-state index contributed by atoms with van der Waals surface area (Å²) < 4.78 is 28.3. The minimum atomic E-state index is -3.46. The first-order valence-corrected chi connectivity index (χ1v) is 7.37. The van der Waals surface area contributed by atoms with Crippen molar-refractivity contribution in [1.29, 1.82) is 0 Å². The molecule has 7 heteroatoms. The van der Waals surface area contributed by atoms with E-state index in [0.717, 1.165) is 11.1 Å². The fourth-order valence-electron chi connectivity index (χ4n) is 1.61. The molecule has 1 heterocycles. The van der Waals surface area contributed by atoms with Gasteiger partial charge in [0.15, 0.2) is 0 Å². The number of hydrogen-bond donors (Lipinski definition) is 1. The highest BCUT2D eigenvalue weighted by molar-refractivity contribution is 7.89. The van der Waals surface area contributed by atoms with Gasteiger partial charge in [0.25, 0.3) is 0 Å². The van der Waals surface area contributed by atoms with E-state index in [2.05, 4.69) is 14.8 Å². The van der Waals surface area contributed by atoms with Gasteiger partial charge in [0.1, 0.15) is 12.7 Å². The molecule has 1 N–H and O–H groups in total. The average Bonchev–Trinajstić information content (AvgIpc) is 2.85. The van der Waals surface area contributed by atoms with E-state index in [1.807, 2.05) is 13.8 Å². The number of aryl methyl sites for hydroxylation is 2. The lowest BCUT2D eigenvalue weighted by Gasteiger charge is -2.08. The summed E-state index contributed by atoms with van der Waals surface area (Å²) in [6, 6.07) is 5.09. The standard InChI is InChI=1S/C12H16N4O2S/c1-10-3-4-12(7-11(10)2)19(17,18)15-5-6-16-9-13-8-14-16/h3-4,7-9,15H,5-6H2,1-2H3. The topological polar surface area (TPSA) is 76.9 Å². The molecule has 0 unspecified atom stereocenters.